The Hall–Kier alpha value is -1.66. The zero-order chi connectivity index (χ0) is 15.0. The molecule has 0 aliphatic rings. The lowest BCUT2D eigenvalue weighted by molar-refractivity contribution is -0.385. The van der Waals surface area contributed by atoms with Gasteiger partial charge in [-0.3, -0.25) is 10.1 Å². The highest BCUT2D eigenvalue weighted by Crippen LogP contribution is 2.24. The van der Waals surface area contributed by atoms with Gasteiger partial charge in [0.25, 0.3) is 5.69 Å². The van der Waals surface area contributed by atoms with E-state index in [-0.39, 0.29) is 5.69 Å². The van der Waals surface area contributed by atoms with Gasteiger partial charge in [-0.2, -0.15) is 0 Å². The van der Waals surface area contributed by atoms with E-state index in [2.05, 4.69) is 19.2 Å². The van der Waals surface area contributed by atoms with Crippen LogP contribution < -0.4 is 10.1 Å². The number of nitrogens with zero attached hydrogens (tertiary/aromatic N) is 1. The molecule has 20 heavy (non-hydrogen) atoms. The summed E-state index contributed by atoms with van der Waals surface area (Å²) >= 11 is 0. The normalized spacial score (nSPS) is 10.8. The van der Waals surface area contributed by atoms with Crippen molar-refractivity contribution < 1.29 is 14.4 Å². The number of nitro groups is 1. The predicted molar refractivity (Wildman–Crippen MR) is 77.1 cm³/mol. The van der Waals surface area contributed by atoms with Crippen molar-refractivity contribution in [1.82, 2.24) is 5.32 Å². The summed E-state index contributed by atoms with van der Waals surface area (Å²) in [5.74, 6) is 0.607. The lowest BCUT2D eigenvalue weighted by Crippen LogP contribution is -2.24. The van der Waals surface area contributed by atoms with Crippen LogP contribution in [0.2, 0.25) is 0 Å². The first-order valence-electron chi connectivity index (χ1n) is 6.67. The Labute approximate surface area is 119 Å². The molecule has 6 nitrogen and oxygen atoms in total. The summed E-state index contributed by atoms with van der Waals surface area (Å²) in [5, 5.41) is 14.0. The van der Waals surface area contributed by atoms with E-state index in [0.717, 1.165) is 13.0 Å². The molecular weight excluding hydrogens is 260 g/mol. The number of ether oxygens (including phenoxy) is 2. The molecule has 0 aliphatic carbocycles. The monoisotopic (exact) mass is 282 g/mol. The predicted octanol–water partition coefficient (Wildman–Crippen LogP) is 2.51. The van der Waals surface area contributed by atoms with Crippen molar-refractivity contribution in [3.63, 3.8) is 0 Å². The first kappa shape index (κ1) is 16.4. The van der Waals surface area contributed by atoms with Crippen LogP contribution in [0.4, 0.5) is 5.69 Å². The molecular formula is C14H22N2O4. The van der Waals surface area contributed by atoms with E-state index < -0.39 is 4.92 Å². The number of hydrogen-bond donors (Lipinski definition) is 1. The van der Waals surface area contributed by atoms with Crippen molar-refractivity contribution in [2.24, 2.45) is 0 Å². The van der Waals surface area contributed by atoms with Crippen LogP contribution in [0.3, 0.4) is 0 Å². The van der Waals surface area contributed by atoms with Gasteiger partial charge in [0.2, 0.25) is 0 Å². The number of benzene rings is 1. The number of nitrogens with one attached hydrogen (secondary N) is 1. The summed E-state index contributed by atoms with van der Waals surface area (Å²) in [6.07, 6.45) is 0.898. The molecule has 0 radical (unpaired) electrons. The van der Waals surface area contributed by atoms with Crippen LogP contribution in [0.5, 0.6) is 5.75 Å². The summed E-state index contributed by atoms with van der Waals surface area (Å²) in [7, 11) is 1.54. The van der Waals surface area contributed by atoms with E-state index in [9.17, 15) is 10.1 Å². The molecule has 6 heteroatoms. The third-order valence-corrected chi connectivity index (χ3v) is 2.75. The van der Waals surface area contributed by atoms with Crippen LogP contribution in [0.25, 0.3) is 0 Å². The van der Waals surface area contributed by atoms with Gasteiger partial charge in [-0.15, -0.1) is 0 Å². The Kier molecular flexibility index (Phi) is 6.97. The summed E-state index contributed by atoms with van der Waals surface area (Å²) in [4.78, 5) is 10.3. The molecule has 0 saturated carbocycles. The molecule has 1 N–H and O–H groups in total. The minimum Gasteiger partial charge on any atom is -0.496 e. The van der Waals surface area contributed by atoms with Crippen LogP contribution >= 0.6 is 0 Å². The Bertz CT molecular complexity index is 435. The van der Waals surface area contributed by atoms with Crippen LogP contribution in [-0.4, -0.2) is 31.2 Å². The lowest BCUT2D eigenvalue weighted by atomic mass is 10.2. The summed E-state index contributed by atoms with van der Waals surface area (Å²) in [6.45, 7) is 5.99. The zero-order valence-corrected chi connectivity index (χ0v) is 12.2. The van der Waals surface area contributed by atoms with E-state index in [1.807, 2.05) is 0 Å². The zero-order valence-electron chi connectivity index (χ0n) is 12.2. The van der Waals surface area contributed by atoms with E-state index >= 15 is 0 Å². The fourth-order valence-electron chi connectivity index (χ4n) is 1.74. The first-order chi connectivity index (χ1) is 9.54. The van der Waals surface area contributed by atoms with Gasteiger partial charge in [-0.05, 0) is 19.0 Å². The molecule has 0 aliphatic heterocycles. The van der Waals surface area contributed by atoms with Crippen LogP contribution in [0, 0.1) is 10.1 Å². The summed E-state index contributed by atoms with van der Waals surface area (Å²) in [6, 6.07) is 4.98. The van der Waals surface area contributed by atoms with Gasteiger partial charge in [0.15, 0.2) is 0 Å². The SMILES string of the molecule is COc1ccc([N+](=O)[O-])cc1COCCCNC(C)C. The maximum Gasteiger partial charge on any atom is 0.270 e. The Morgan fingerprint density at radius 3 is 2.75 bits per heavy atom. The molecule has 0 aromatic heterocycles. The maximum absolute atomic E-state index is 10.7. The number of non-ortho nitro benzene ring substituents is 1. The fourth-order valence-corrected chi connectivity index (χ4v) is 1.74. The minimum atomic E-state index is -0.421. The van der Waals surface area contributed by atoms with Gasteiger partial charge < -0.3 is 14.8 Å². The first-order valence-corrected chi connectivity index (χ1v) is 6.67. The maximum atomic E-state index is 10.7. The second-order valence-electron chi connectivity index (χ2n) is 4.77. The van der Waals surface area contributed by atoms with Gasteiger partial charge in [0.1, 0.15) is 5.75 Å². The van der Waals surface area contributed by atoms with Gasteiger partial charge in [0, 0.05) is 30.3 Å². The van der Waals surface area contributed by atoms with Crippen molar-refractivity contribution in [2.75, 3.05) is 20.3 Å². The second kappa shape index (κ2) is 8.50. The van der Waals surface area contributed by atoms with Crippen LogP contribution in [0.1, 0.15) is 25.8 Å². The van der Waals surface area contributed by atoms with E-state index in [1.165, 1.54) is 19.2 Å². The molecule has 0 saturated heterocycles. The lowest BCUT2D eigenvalue weighted by Gasteiger charge is -2.10. The topological polar surface area (TPSA) is 73.6 Å². The smallest absolute Gasteiger partial charge is 0.270 e. The molecule has 0 spiro atoms. The van der Waals surface area contributed by atoms with Crippen molar-refractivity contribution >= 4 is 5.69 Å². The van der Waals surface area contributed by atoms with Crippen LogP contribution in [0.15, 0.2) is 18.2 Å². The van der Waals surface area contributed by atoms with Gasteiger partial charge in [-0.1, -0.05) is 13.8 Å². The van der Waals surface area contributed by atoms with Crippen molar-refractivity contribution in [3.05, 3.63) is 33.9 Å². The Morgan fingerprint density at radius 2 is 2.15 bits per heavy atom. The van der Waals surface area contributed by atoms with Crippen LogP contribution in [-0.2, 0) is 11.3 Å². The summed E-state index contributed by atoms with van der Waals surface area (Å²) in [5.41, 5.74) is 0.740. The van der Waals surface area contributed by atoms with Gasteiger partial charge >= 0.3 is 0 Å². The third-order valence-electron chi connectivity index (χ3n) is 2.75. The van der Waals surface area contributed by atoms with Crippen molar-refractivity contribution in [3.8, 4) is 5.75 Å². The fraction of sp³-hybridized carbons (Fsp3) is 0.571. The standard InChI is InChI=1S/C14H22N2O4/c1-11(2)15-7-4-8-20-10-12-9-13(16(17)18)5-6-14(12)19-3/h5-6,9,11,15H,4,7-8,10H2,1-3H3. The number of rotatable bonds is 9. The number of nitro benzene ring substituents is 1. The van der Waals surface area contributed by atoms with E-state index in [4.69, 9.17) is 9.47 Å². The minimum absolute atomic E-state index is 0.0471. The molecule has 0 unspecified atom stereocenters. The average molecular weight is 282 g/mol. The molecule has 0 bridgehead atoms. The molecule has 1 aromatic rings. The summed E-state index contributed by atoms with van der Waals surface area (Å²) < 4.78 is 10.7. The molecule has 1 aromatic carbocycles. The number of methoxy groups -OCH3 is 1. The molecule has 0 heterocycles. The highest BCUT2D eigenvalue weighted by atomic mass is 16.6. The molecule has 0 amide bonds. The van der Waals surface area contributed by atoms with Gasteiger partial charge in [-0.25, -0.2) is 0 Å². The number of hydrogen-bond acceptors (Lipinski definition) is 5. The average Bonchev–Trinajstić information content (AvgIpc) is 2.42. The molecule has 0 fully saturated rings. The molecule has 112 valence electrons. The highest BCUT2D eigenvalue weighted by molar-refractivity contribution is 5.43. The van der Waals surface area contributed by atoms with Crippen molar-refractivity contribution in [1.29, 1.82) is 0 Å². The third kappa shape index (κ3) is 5.54. The second-order valence-corrected chi connectivity index (χ2v) is 4.77. The quantitative estimate of drug-likeness (QED) is 0.428. The van der Waals surface area contributed by atoms with E-state index in [1.54, 1.807) is 6.07 Å². The Balaban J connectivity index is 2.45. The van der Waals surface area contributed by atoms with E-state index in [0.29, 0.717) is 30.6 Å². The largest absolute Gasteiger partial charge is 0.496 e. The molecule has 1 rings (SSSR count). The van der Waals surface area contributed by atoms with Gasteiger partial charge in [0.05, 0.1) is 18.6 Å². The molecule has 0 atom stereocenters. The Morgan fingerprint density at radius 1 is 1.40 bits per heavy atom. The van der Waals surface area contributed by atoms with Crippen molar-refractivity contribution in [2.45, 2.75) is 32.9 Å². The highest BCUT2D eigenvalue weighted by Gasteiger charge is 2.11.